The first-order valence-electron chi connectivity index (χ1n) is 9.27. The molecule has 3 aromatic rings. The van der Waals surface area contributed by atoms with Crippen molar-refractivity contribution in [2.75, 3.05) is 23.3 Å². The molecular formula is C19H22N8O. The smallest absolute Gasteiger partial charge is 0.320 e. The van der Waals surface area contributed by atoms with Crippen LogP contribution in [0.1, 0.15) is 18.4 Å². The lowest BCUT2D eigenvalue weighted by Crippen LogP contribution is -2.49. The first kappa shape index (κ1) is 17.9. The molecule has 0 unspecified atom stereocenters. The van der Waals surface area contributed by atoms with Crippen LogP contribution in [-0.2, 0) is 6.54 Å². The Morgan fingerprint density at radius 2 is 2.07 bits per heavy atom. The van der Waals surface area contributed by atoms with Crippen molar-refractivity contribution in [1.29, 1.82) is 0 Å². The molecule has 144 valence electrons. The SMILES string of the molecule is O=C(Nc1ccnn1Cc1cccnc1)N[C@H]1CCCN(c2cnccn2)C1. The minimum Gasteiger partial charge on any atom is -0.353 e. The fourth-order valence-electron chi connectivity index (χ4n) is 3.32. The van der Waals surface area contributed by atoms with Gasteiger partial charge in [0.25, 0.3) is 0 Å². The van der Waals surface area contributed by atoms with E-state index in [1.807, 2.05) is 12.1 Å². The lowest BCUT2D eigenvalue weighted by atomic mass is 10.1. The maximum absolute atomic E-state index is 12.5. The van der Waals surface area contributed by atoms with Gasteiger partial charge in [0.15, 0.2) is 0 Å². The minimum absolute atomic E-state index is 0.0467. The van der Waals surface area contributed by atoms with Crippen LogP contribution in [0, 0.1) is 0 Å². The van der Waals surface area contributed by atoms with Gasteiger partial charge < -0.3 is 10.2 Å². The second kappa shape index (κ2) is 8.47. The van der Waals surface area contributed by atoms with Gasteiger partial charge in [0.1, 0.15) is 11.6 Å². The number of aromatic nitrogens is 5. The Balaban J connectivity index is 1.34. The normalized spacial score (nSPS) is 16.6. The Bertz CT molecular complexity index is 899. The van der Waals surface area contributed by atoms with E-state index in [-0.39, 0.29) is 12.1 Å². The Hall–Kier alpha value is -3.49. The van der Waals surface area contributed by atoms with Crippen molar-refractivity contribution >= 4 is 17.7 Å². The molecule has 0 radical (unpaired) electrons. The van der Waals surface area contributed by atoms with E-state index in [2.05, 4.69) is 35.6 Å². The van der Waals surface area contributed by atoms with Crippen LogP contribution < -0.4 is 15.5 Å². The first-order chi connectivity index (χ1) is 13.8. The van der Waals surface area contributed by atoms with Crippen LogP contribution in [0.3, 0.4) is 0 Å². The van der Waals surface area contributed by atoms with Gasteiger partial charge in [-0.15, -0.1) is 0 Å². The number of piperidine rings is 1. The van der Waals surface area contributed by atoms with Gasteiger partial charge >= 0.3 is 6.03 Å². The number of anilines is 2. The third-order valence-electron chi connectivity index (χ3n) is 4.64. The molecule has 9 heteroatoms. The molecule has 4 rings (SSSR count). The van der Waals surface area contributed by atoms with E-state index in [0.717, 1.165) is 30.8 Å². The molecule has 0 aliphatic carbocycles. The maximum atomic E-state index is 12.5. The van der Waals surface area contributed by atoms with E-state index in [4.69, 9.17) is 0 Å². The summed E-state index contributed by atoms with van der Waals surface area (Å²) in [5.41, 5.74) is 1.02. The zero-order valence-corrected chi connectivity index (χ0v) is 15.4. The molecule has 4 heterocycles. The Kier molecular flexibility index (Phi) is 5.41. The first-order valence-corrected chi connectivity index (χ1v) is 9.27. The number of pyridine rings is 1. The molecule has 1 aliphatic rings. The summed E-state index contributed by atoms with van der Waals surface area (Å²) >= 11 is 0. The van der Waals surface area contributed by atoms with Crippen LogP contribution in [0.4, 0.5) is 16.4 Å². The van der Waals surface area contributed by atoms with Gasteiger partial charge in [-0.1, -0.05) is 6.07 Å². The Morgan fingerprint density at radius 3 is 2.89 bits per heavy atom. The molecule has 0 bridgehead atoms. The average molecular weight is 378 g/mol. The zero-order chi connectivity index (χ0) is 19.2. The molecule has 9 nitrogen and oxygen atoms in total. The quantitative estimate of drug-likeness (QED) is 0.703. The summed E-state index contributed by atoms with van der Waals surface area (Å²) in [4.78, 5) is 27.2. The third kappa shape index (κ3) is 4.43. The van der Waals surface area contributed by atoms with Crippen LogP contribution in [0.2, 0.25) is 0 Å². The number of carbonyl (C=O) groups excluding carboxylic acids is 1. The molecule has 28 heavy (non-hydrogen) atoms. The molecule has 0 spiro atoms. The minimum atomic E-state index is -0.237. The number of hydrogen-bond acceptors (Lipinski definition) is 6. The van der Waals surface area contributed by atoms with Gasteiger partial charge in [-0.3, -0.25) is 15.3 Å². The van der Waals surface area contributed by atoms with E-state index in [0.29, 0.717) is 18.9 Å². The van der Waals surface area contributed by atoms with Gasteiger partial charge in [-0.05, 0) is 24.5 Å². The van der Waals surface area contributed by atoms with Gasteiger partial charge in [0.05, 0.1) is 18.9 Å². The fourth-order valence-corrected chi connectivity index (χ4v) is 3.32. The number of hydrogen-bond donors (Lipinski definition) is 2. The van der Waals surface area contributed by atoms with E-state index < -0.39 is 0 Å². The highest BCUT2D eigenvalue weighted by Gasteiger charge is 2.22. The molecular weight excluding hydrogens is 356 g/mol. The predicted octanol–water partition coefficient (Wildman–Crippen LogP) is 1.91. The zero-order valence-electron chi connectivity index (χ0n) is 15.4. The fraction of sp³-hybridized carbons (Fsp3) is 0.316. The van der Waals surface area contributed by atoms with Crippen LogP contribution in [0.15, 0.2) is 55.4 Å². The van der Waals surface area contributed by atoms with Crippen molar-refractivity contribution in [2.45, 2.75) is 25.4 Å². The molecule has 1 saturated heterocycles. The number of carbonyl (C=O) groups is 1. The van der Waals surface area contributed by atoms with Crippen molar-refractivity contribution in [3.8, 4) is 0 Å². The monoisotopic (exact) mass is 378 g/mol. The average Bonchev–Trinajstić information content (AvgIpc) is 3.16. The van der Waals surface area contributed by atoms with Crippen molar-refractivity contribution in [3.05, 3.63) is 60.9 Å². The Labute approximate surface area is 162 Å². The van der Waals surface area contributed by atoms with Gasteiger partial charge in [-0.25, -0.2) is 14.5 Å². The van der Waals surface area contributed by atoms with Crippen molar-refractivity contribution in [3.63, 3.8) is 0 Å². The largest absolute Gasteiger partial charge is 0.353 e. The second-order valence-electron chi connectivity index (χ2n) is 6.68. The van der Waals surface area contributed by atoms with Crippen LogP contribution in [0.25, 0.3) is 0 Å². The maximum Gasteiger partial charge on any atom is 0.320 e. The predicted molar refractivity (Wildman–Crippen MR) is 105 cm³/mol. The summed E-state index contributed by atoms with van der Waals surface area (Å²) in [7, 11) is 0. The molecule has 2 N–H and O–H groups in total. The van der Waals surface area contributed by atoms with Crippen molar-refractivity contribution in [1.82, 2.24) is 30.0 Å². The summed E-state index contributed by atoms with van der Waals surface area (Å²) < 4.78 is 1.74. The summed E-state index contributed by atoms with van der Waals surface area (Å²) in [5, 5.41) is 10.2. The van der Waals surface area contributed by atoms with Gasteiger partial charge in [0, 0.05) is 50.0 Å². The molecule has 3 aromatic heterocycles. The van der Waals surface area contributed by atoms with E-state index in [9.17, 15) is 4.79 Å². The number of nitrogens with one attached hydrogen (secondary N) is 2. The molecule has 2 amide bonds. The van der Waals surface area contributed by atoms with Crippen molar-refractivity contribution < 1.29 is 4.79 Å². The highest BCUT2D eigenvalue weighted by Crippen LogP contribution is 2.17. The summed E-state index contributed by atoms with van der Waals surface area (Å²) in [6.45, 7) is 2.16. The molecule has 0 aromatic carbocycles. The number of amides is 2. The summed E-state index contributed by atoms with van der Waals surface area (Å²) in [6, 6.07) is 5.44. The summed E-state index contributed by atoms with van der Waals surface area (Å²) in [6.07, 6.45) is 12.2. The second-order valence-corrected chi connectivity index (χ2v) is 6.68. The van der Waals surface area contributed by atoms with E-state index in [1.54, 1.807) is 47.9 Å². The third-order valence-corrected chi connectivity index (χ3v) is 4.64. The van der Waals surface area contributed by atoms with E-state index >= 15 is 0 Å². The van der Waals surface area contributed by atoms with Gasteiger partial charge in [-0.2, -0.15) is 5.10 Å². The lowest BCUT2D eigenvalue weighted by Gasteiger charge is -2.33. The molecule has 1 atom stereocenters. The standard InChI is InChI=1S/C19H22N8O/c28-19(24-16-4-2-10-26(14-16)18-12-21-8-9-22-18)25-17-5-7-23-27(17)13-15-3-1-6-20-11-15/h1,3,5-9,11-12,16H,2,4,10,13-14H2,(H2,24,25,28)/t16-/m0/s1. The van der Waals surface area contributed by atoms with Crippen LogP contribution in [-0.4, -0.2) is 49.9 Å². The lowest BCUT2D eigenvalue weighted by molar-refractivity contribution is 0.246. The highest BCUT2D eigenvalue weighted by atomic mass is 16.2. The van der Waals surface area contributed by atoms with Crippen LogP contribution >= 0.6 is 0 Å². The topological polar surface area (TPSA) is 101 Å². The Morgan fingerprint density at radius 1 is 1.14 bits per heavy atom. The molecule has 1 fully saturated rings. The highest BCUT2D eigenvalue weighted by molar-refractivity contribution is 5.88. The molecule has 1 aliphatic heterocycles. The number of rotatable bonds is 5. The number of urea groups is 1. The molecule has 0 saturated carbocycles. The number of nitrogens with zero attached hydrogens (tertiary/aromatic N) is 6. The summed E-state index contributed by atoms with van der Waals surface area (Å²) in [5.74, 6) is 1.48. The van der Waals surface area contributed by atoms with Crippen molar-refractivity contribution in [2.24, 2.45) is 0 Å². The van der Waals surface area contributed by atoms with Crippen LogP contribution in [0.5, 0.6) is 0 Å². The van der Waals surface area contributed by atoms with E-state index in [1.165, 1.54) is 0 Å². The van der Waals surface area contributed by atoms with Gasteiger partial charge in [0.2, 0.25) is 0 Å².